The maximum absolute atomic E-state index is 12.3. The van der Waals surface area contributed by atoms with E-state index in [0.717, 1.165) is 13.0 Å². The third-order valence-electron chi connectivity index (χ3n) is 4.26. The zero-order valence-electron chi connectivity index (χ0n) is 12.9. The number of carbonyl (C=O) groups excluding carboxylic acids is 1. The van der Waals surface area contributed by atoms with Crippen LogP contribution in [0.3, 0.4) is 0 Å². The van der Waals surface area contributed by atoms with Gasteiger partial charge in [0, 0.05) is 6.54 Å². The lowest BCUT2D eigenvalue weighted by molar-refractivity contribution is -0.123. The third kappa shape index (κ3) is 3.30. The van der Waals surface area contributed by atoms with Gasteiger partial charge in [-0.15, -0.1) is 0 Å². The summed E-state index contributed by atoms with van der Waals surface area (Å²) in [7, 11) is 0. The van der Waals surface area contributed by atoms with Gasteiger partial charge in [-0.2, -0.15) is 0 Å². The molecule has 1 aliphatic carbocycles. The van der Waals surface area contributed by atoms with Crippen LogP contribution in [-0.2, 0) is 11.2 Å². The Morgan fingerprint density at radius 3 is 2.50 bits per heavy atom. The topological polar surface area (TPSA) is 29.1 Å². The standard InChI is InChI=1S/C18H25NO/c1-13(2)12-15-16(18(15,3)4)17(20)19-11-10-14-8-6-5-7-9-14/h5-9,12,15-16H,10-11H2,1-4H3,(H,19,20)/t15-,16+/m1/s1. The van der Waals surface area contributed by atoms with Gasteiger partial charge in [0.1, 0.15) is 0 Å². The minimum Gasteiger partial charge on any atom is -0.355 e. The third-order valence-corrected chi connectivity index (χ3v) is 4.26. The van der Waals surface area contributed by atoms with Gasteiger partial charge in [-0.1, -0.05) is 55.8 Å². The quantitative estimate of drug-likeness (QED) is 0.815. The van der Waals surface area contributed by atoms with Crippen LogP contribution in [0.15, 0.2) is 42.0 Å². The molecule has 0 heterocycles. The SMILES string of the molecule is CC(C)=C[C@@H]1[C@@H](C(=O)NCCc2ccccc2)C1(C)C. The van der Waals surface area contributed by atoms with Crippen LogP contribution in [0.4, 0.5) is 0 Å². The van der Waals surface area contributed by atoms with Crippen LogP contribution in [-0.4, -0.2) is 12.5 Å². The summed E-state index contributed by atoms with van der Waals surface area (Å²) in [5, 5.41) is 3.08. The molecule has 2 atom stereocenters. The molecule has 0 aromatic heterocycles. The molecule has 1 fully saturated rings. The van der Waals surface area contributed by atoms with Crippen molar-refractivity contribution >= 4 is 5.91 Å². The highest BCUT2D eigenvalue weighted by molar-refractivity contribution is 5.83. The van der Waals surface area contributed by atoms with Gasteiger partial charge in [0.05, 0.1) is 5.92 Å². The molecule has 0 spiro atoms. The van der Waals surface area contributed by atoms with Crippen LogP contribution in [0.25, 0.3) is 0 Å². The molecule has 108 valence electrons. The van der Waals surface area contributed by atoms with E-state index in [1.807, 2.05) is 18.2 Å². The minimum absolute atomic E-state index is 0.105. The Balaban J connectivity index is 1.83. The molecule has 2 nitrogen and oxygen atoms in total. The predicted octanol–water partition coefficient (Wildman–Crippen LogP) is 3.58. The van der Waals surface area contributed by atoms with E-state index in [2.05, 4.69) is 51.2 Å². The lowest BCUT2D eigenvalue weighted by Crippen LogP contribution is -2.28. The summed E-state index contributed by atoms with van der Waals surface area (Å²) in [4.78, 5) is 12.3. The first-order valence-corrected chi connectivity index (χ1v) is 7.39. The van der Waals surface area contributed by atoms with Crippen LogP contribution in [0.2, 0.25) is 0 Å². The molecule has 1 aromatic rings. The molecular weight excluding hydrogens is 246 g/mol. The second-order valence-corrected chi connectivity index (χ2v) is 6.60. The number of hydrogen-bond acceptors (Lipinski definition) is 1. The highest BCUT2D eigenvalue weighted by atomic mass is 16.2. The largest absolute Gasteiger partial charge is 0.355 e. The maximum Gasteiger partial charge on any atom is 0.224 e. The van der Waals surface area contributed by atoms with Crippen LogP contribution in [0, 0.1) is 17.3 Å². The number of hydrogen-bond donors (Lipinski definition) is 1. The van der Waals surface area contributed by atoms with Gasteiger partial charge in [-0.25, -0.2) is 0 Å². The van der Waals surface area contributed by atoms with Crippen LogP contribution in [0.5, 0.6) is 0 Å². The van der Waals surface area contributed by atoms with Crippen molar-refractivity contribution in [1.82, 2.24) is 5.32 Å². The number of carbonyl (C=O) groups is 1. The lowest BCUT2D eigenvalue weighted by atomic mass is 10.1. The molecule has 1 amide bonds. The van der Waals surface area contributed by atoms with Crippen LogP contribution < -0.4 is 5.32 Å². The zero-order chi connectivity index (χ0) is 14.8. The van der Waals surface area contributed by atoms with Crippen molar-refractivity contribution in [3.8, 4) is 0 Å². The van der Waals surface area contributed by atoms with E-state index in [1.165, 1.54) is 11.1 Å². The molecule has 0 saturated heterocycles. The fraction of sp³-hybridized carbons (Fsp3) is 0.500. The van der Waals surface area contributed by atoms with Crippen molar-refractivity contribution in [3.05, 3.63) is 47.5 Å². The van der Waals surface area contributed by atoms with E-state index >= 15 is 0 Å². The summed E-state index contributed by atoms with van der Waals surface area (Å²) >= 11 is 0. The van der Waals surface area contributed by atoms with Gasteiger partial charge in [0.15, 0.2) is 0 Å². The minimum atomic E-state index is 0.105. The van der Waals surface area contributed by atoms with Gasteiger partial charge >= 0.3 is 0 Å². The first-order valence-electron chi connectivity index (χ1n) is 7.39. The Kier molecular flexibility index (Phi) is 4.32. The number of benzene rings is 1. The van der Waals surface area contributed by atoms with E-state index in [1.54, 1.807) is 0 Å². The van der Waals surface area contributed by atoms with Crippen molar-refractivity contribution in [1.29, 1.82) is 0 Å². The molecule has 1 N–H and O–H groups in total. The van der Waals surface area contributed by atoms with Crippen molar-refractivity contribution in [2.45, 2.75) is 34.1 Å². The second kappa shape index (κ2) is 5.82. The van der Waals surface area contributed by atoms with Crippen molar-refractivity contribution in [3.63, 3.8) is 0 Å². The van der Waals surface area contributed by atoms with E-state index in [9.17, 15) is 4.79 Å². The number of nitrogens with one attached hydrogen (secondary N) is 1. The lowest BCUT2D eigenvalue weighted by Gasteiger charge is -2.06. The molecule has 2 rings (SSSR count). The van der Waals surface area contributed by atoms with Gasteiger partial charge < -0.3 is 5.32 Å². The molecule has 1 aliphatic rings. The van der Waals surface area contributed by atoms with Crippen molar-refractivity contribution in [2.24, 2.45) is 17.3 Å². The first kappa shape index (κ1) is 14.8. The van der Waals surface area contributed by atoms with E-state index in [4.69, 9.17) is 0 Å². The Bertz CT molecular complexity index is 497. The van der Waals surface area contributed by atoms with E-state index in [0.29, 0.717) is 5.92 Å². The fourth-order valence-corrected chi connectivity index (χ4v) is 2.93. The molecule has 1 saturated carbocycles. The van der Waals surface area contributed by atoms with Crippen LogP contribution in [0.1, 0.15) is 33.3 Å². The summed E-state index contributed by atoms with van der Waals surface area (Å²) in [6, 6.07) is 10.3. The van der Waals surface area contributed by atoms with Crippen molar-refractivity contribution < 1.29 is 4.79 Å². The van der Waals surface area contributed by atoms with Gasteiger partial charge in [-0.3, -0.25) is 4.79 Å². The van der Waals surface area contributed by atoms with Gasteiger partial charge in [-0.05, 0) is 37.2 Å². The Morgan fingerprint density at radius 1 is 1.25 bits per heavy atom. The molecule has 0 aliphatic heterocycles. The van der Waals surface area contributed by atoms with Gasteiger partial charge in [0.2, 0.25) is 5.91 Å². The fourth-order valence-electron chi connectivity index (χ4n) is 2.93. The van der Waals surface area contributed by atoms with Crippen molar-refractivity contribution in [2.75, 3.05) is 6.54 Å². The molecule has 0 bridgehead atoms. The van der Waals surface area contributed by atoms with Crippen LogP contribution >= 0.6 is 0 Å². The molecule has 0 radical (unpaired) electrons. The monoisotopic (exact) mass is 271 g/mol. The number of allylic oxidation sites excluding steroid dienone is 2. The van der Waals surface area contributed by atoms with Gasteiger partial charge in [0.25, 0.3) is 0 Å². The number of rotatable bonds is 5. The Labute approximate surface area is 122 Å². The number of amides is 1. The summed E-state index contributed by atoms with van der Waals surface area (Å²) in [6.45, 7) is 9.27. The first-order chi connectivity index (χ1) is 9.43. The Morgan fingerprint density at radius 2 is 1.90 bits per heavy atom. The summed E-state index contributed by atoms with van der Waals surface area (Å²) < 4.78 is 0. The molecule has 2 heteroatoms. The maximum atomic E-state index is 12.3. The predicted molar refractivity (Wildman–Crippen MR) is 83.3 cm³/mol. The molecular formula is C18H25NO. The Hall–Kier alpha value is -1.57. The molecule has 20 heavy (non-hydrogen) atoms. The zero-order valence-corrected chi connectivity index (χ0v) is 12.9. The average Bonchev–Trinajstić information content (AvgIpc) is 2.91. The highest BCUT2D eigenvalue weighted by Gasteiger charge is 2.60. The van der Waals surface area contributed by atoms with E-state index in [-0.39, 0.29) is 17.2 Å². The summed E-state index contributed by atoms with van der Waals surface area (Å²) in [6.07, 6.45) is 3.13. The average molecular weight is 271 g/mol. The smallest absolute Gasteiger partial charge is 0.224 e. The normalized spacial score (nSPS) is 23.0. The summed E-state index contributed by atoms with van der Waals surface area (Å²) in [5.74, 6) is 0.728. The van der Waals surface area contributed by atoms with E-state index < -0.39 is 0 Å². The molecule has 0 unspecified atom stereocenters. The second-order valence-electron chi connectivity index (χ2n) is 6.60. The highest BCUT2D eigenvalue weighted by Crippen LogP contribution is 2.59. The summed E-state index contributed by atoms with van der Waals surface area (Å²) in [5.41, 5.74) is 2.67. The molecule has 1 aromatic carbocycles.